The zero-order valence-electron chi connectivity index (χ0n) is 16.0. The third-order valence-electron chi connectivity index (χ3n) is 2.38. The van der Waals surface area contributed by atoms with Gasteiger partial charge in [0.15, 0.2) is 0 Å². The minimum atomic E-state index is -0.373. The van der Waals surface area contributed by atoms with Crippen LogP contribution in [0.2, 0.25) is 0 Å². The lowest BCUT2D eigenvalue weighted by atomic mass is 10.2. The van der Waals surface area contributed by atoms with Gasteiger partial charge in [-0.15, -0.1) is 0 Å². The molecule has 0 unspecified atom stereocenters. The van der Waals surface area contributed by atoms with Gasteiger partial charge >= 0.3 is 12.2 Å². The van der Waals surface area contributed by atoms with E-state index in [9.17, 15) is 19.2 Å². The zero-order valence-corrected chi connectivity index (χ0v) is 16.0. The molecule has 0 atom stereocenters. The van der Waals surface area contributed by atoms with Crippen molar-refractivity contribution in [2.75, 3.05) is 40.4 Å². The monoisotopic (exact) mass is 374 g/mol. The Kier molecular flexibility index (Phi) is 29.4. The molecule has 26 heavy (non-hydrogen) atoms. The van der Waals surface area contributed by atoms with E-state index in [2.05, 4.69) is 30.1 Å². The van der Waals surface area contributed by atoms with Crippen LogP contribution in [0, 0.1) is 0 Å². The van der Waals surface area contributed by atoms with Crippen LogP contribution in [0.1, 0.15) is 39.5 Å². The van der Waals surface area contributed by atoms with Crippen LogP contribution in [0.15, 0.2) is 9.98 Å². The highest BCUT2D eigenvalue weighted by Gasteiger charge is 1.90. The molecule has 0 rings (SSSR count). The maximum Gasteiger partial charge on any atom is 0.406 e. The van der Waals surface area contributed by atoms with Gasteiger partial charge < -0.3 is 20.1 Å². The molecule has 0 fully saturated rings. The van der Waals surface area contributed by atoms with Crippen molar-refractivity contribution < 1.29 is 28.7 Å². The van der Waals surface area contributed by atoms with Gasteiger partial charge in [0.2, 0.25) is 12.2 Å². The Morgan fingerprint density at radius 1 is 0.769 bits per heavy atom. The molecule has 0 bridgehead atoms. The Hall–Kier alpha value is -2.70. The van der Waals surface area contributed by atoms with Crippen LogP contribution >= 0.6 is 0 Å². The quantitative estimate of drug-likeness (QED) is 0.360. The molecule has 0 aromatic carbocycles. The van der Waals surface area contributed by atoms with Crippen LogP contribution in [-0.2, 0) is 19.1 Å². The number of ether oxygens (including phenoxy) is 2. The van der Waals surface area contributed by atoms with Crippen molar-refractivity contribution in [3.8, 4) is 0 Å². The van der Waals surface area contributed by atoms with Crippen molar-refractivity contribution in [1.82, 2.24) is 10.6 Å². The predicted octanol–water partition coefficient (Wildman–Crippen LogP) is 1.94. The van der Waals surface area contributed by atoms with Gasteiger partial charge in [-0.25, -0.2) is 29.2 Å². The first-order valence-corrected chi connectivity index (χ1v) is 8.30. The summed E-state index contributed by atoms with van der Waals surface area (Å²) >= 11 is 0. The van der Waals surface area contributed by atoms with Crippen LogP contribution in [0.5, 0.6) is 0 Å². The molecule has 0 spiro atoms. The number of isocyanates is 2. The average molecular weight is 374 g/mol. The van der Waals surface area contributed by atoms with Crippen molar-refractivity contribution in [3.05, 3.63) is 0 Å². The lowest BCUT2D eigenvalue weighted by Crippen LogP contribution is -2.18. The number of amides is 2. The molecule has 0 saturated heterocycles. The third kappa shape index (κ3) is 33.0. The van der Waals surface area contributed by atoms with Crippen molar-refractivity contribution in [1.29, 1.82) is 0 Å². The number of aliphatic imine (C=N–C) groups is 2. The number of alkyl carbamates (subject to hydrolysis) is 2. The van der Waals surface area contributed by atoms with Gasteiger partial charge in [-0.05, 0) is 26.7 Å². The molecule has 0 heterocycles. The summed E-state index contributed by atoms with van der Waals surface area (Å²) < 4.78 is 8.88. The summed E-state index contributed by atoms with van der Waals surface area (Å²) in [6.07, 6.45) is 6.06. The van der Waals surface area contributed by atoms with Crippen molar-refractivity contribution >= 4 is 24.3 Å². The van der Waals surface area contributed by atoms with Crippen molar-refractivity contribution in [2.24, 2.45) is 9.98 Å². The molecular formula is C16H30N4O6. The van der Waals surface area contributed by atoms with Crippen LogP contribution < -0.4 is 10.6 Å². The molecule has 0 radical (unpaired) electrons. The van der Waals surface area contributed by atoms with Gasteiger partial charge in [0.1, 0.15) is 0 Å². The Labute approximate surface area is 154 Å². The van der Waals surface area contributed by atoms with Gasteiger partial charge in [-0.3, -0.25) is 0 Å². The molecule has 0 saturated carbocycles. The average Bonchev–Trinajstić information content (AvgIpc) is 2.65. The number of unbranched alkanes of at least 4 members (excludes halogenated alkanes) is 3. The minimum Gasteiger partial charge on any atom is -0.450 e. The summed E-state index contributed by atoms with van der Waals surface area (Å²) in [6.45, 7) is 5.49. The SMILES string of the molecule is CCOC(=O)NC.CCOC(=O)NC.O=C=NCCCCCCN=C=O. The summed E-state index contributed by atoms with van der Waals surface area (Å²) in [7, 11) is 3.05. The van der Waals surface area contributed by atoms with E-state index in [1.807, 2.05) is 0 Å². The number of carbonyl (C=O) groups is 2. The second-order valence-corrected chi connectivity index (χ2v) is 4.30. The highest BCUT2D eigenvalue weighted by atomic mass is 16.5. The van der Waals surface area contributed by atoms with Crippen molar-refractivity contribution in [2.45, 2.75) is 39.5 Å². The highest BCUT2D eigenvalue weighted by molar-refractivity contribution is 5.66. The van der Waals surface area contributed by atoms with E-state index in [1.54, 1.807) is 13.8 Å². The van der Waals surface area contributed by atoms with Crippen LogP contribution in [0.4, 0.5) is 9.59 Å². The van der Waals surface area contributed by atoms with E-state index in [0.717, 1.165) is 25.7 Å². The molecule has 2 N–H and O–H groups in total. The van der Waals surface area contributed by atoms with Crippen LogP contribution in [-0.4, -0.2) is 64.7 Å². The standard InChI is InChI=1S/C8H12N2O2.2C4H9NO2/c11-7-9-5-3-1-2-4-6-10-8-12;2*1-3-7-4(6)5-2/h1-6H2;2*3H2,1-2H3,(H,5,6). The van der Waals surface area contributed by atoms with E-state index in [4.69, 9.17) is 0 Å². The minimum absolute atomic E-state index is 0.373. The van der Waals surface area contributed by atoms with Gasteiger partial charge in [-0.1, -0.05) is 12.8 Å². The summed E-state index contributed by atoms with van der Waals surface area (Å²) in [5, 5.41) is 4.61. The zero-order chi connectivity index (χ0) is 20.5. The first kappa shape index (κ1) is 28.1. The lowest BCUT2D eigenvalue weighted by molar-refractivity contribution is 0.153. The van der Waals surface area contributed by atoms with E-state index in [-0.39, 0.29) is 12.2 Å². The van der Waals surface area contributed by atoms with Crippen LogP contribution in [0.3, 0.4) is 0 Å². The number of rotatable bonds is 9. The number of hydrogen-bond acceptors (Lipinski definition) is 8. The molecule has 0 aromatic rings. The molecule has 10 nitrogen and oxygen atoms in total. The highest BCUT2D eigenvalue weighted by Crippen LogP contribution is 1.99. The summed E-state index contributed by atoms with van der Waals surface area (Å²) in [5.74, 6) is 0. The molecule has 0 aliphatic heterocycles. The van der Waals surface area contributed by atoms with Gasteiger partial charge in [0.05, 0.1) is 26.3 Å². The molecule has 0 aliphatic rings. The van der Waals surface area contributed by atoms with Gasteiger partial charge in [0, 0.05) is 14.1 Å². The van der Waals surface area contributed by atoms with E-state index < -0.39 is 0 Å². The number of nitrogens with one attached hydrogen (secondary N) is 2. The fourth-order valence-corrected chi connectivity index (χ4v) is 1.23. The topological polar surface area (TPSA) is 136 Å². The van der Waals surface area contributed by atoms with E-state index in [0.29, 0.717) is 26.3 Å². The first-order chi connectivity index (χ1) is 12.5. The Morgan fingerprint density at radius 3 is 1.31 bits per heavy atom. The maximum atomic E-state index is 10.1. The summed E-state index contributed by atoms with van der Waals surface area (Å²) in [4.78, 5) is 46.2. The molecule has 10 heteroatoms. The summed E-state index contributed by atoms with van der Waals surface area (Å²) in [5.41, 5.74) is 0. The Bertz CT molecular complexity index is 392. The number of nitrogens with zero attached hydrogens (tertiary/aromatic N) is 2. The second kappa shape index (κ2) is 27.2. The predicted molar refractivity (Wildman–Crippen MR) is 96.6 cm³/mol. The fourth-order valence-electron chi connectivity index (χ4n) is 1.23. The lowest BCUT2D eigenvalue weighted by Gasteiger charge is -1.95. The Morgan fingerprint density at radius 2 is 1.12 bits per heavy atom. The fraction of sp³-hybridized carbons (Fsp3) is 0.750. The smallest absolute Gasteiger partial charge is 0.406 e. The number of hydrogen-bond donors (Lipinski definition) is 2. The molecule has 0 aromatic heterocycles. The molecule has 150 valence electrons. The van der Waals surface area contributed by atoms with Gasteiger partial charge in [0.25, 0.3) is 0 Å². The van der Waals surface area contributed by atoms with E-state index >= 15 is 0 Å². The molecule has 2 amide bonds. The van der Waals surface area contributed by atoms with Crippen molar-refractivity contribution in [3.63, 3.8) is 0 Å². The number of carbonyl (C=O) groups excluding carboxylic acids is 4. The van der Waals surface area contributed by atoms with Crippen LogP contribution in [0.25, 0.3) is 0 Å². The summed E-state index contributed by atoms with van der Waals surface area (Å²) in [6, 6.07) is 0. The Balaban J connectivity index is -0.000000326. The molecular weight excluding hydrogens is 344 g/mol. The van der Waals surface area contributed by atoms with Gasteiger partial charge in [-0.2, -0.15) is 0 Å². The molecule has 0 aliphatic carbocycles. The third-order valence-corrected chi connectivity index (χ3v) is 2.38. The van der Waals surface area contributed by atoms with E-state index in [1.165, 1.54) is 26.3 Å². The first-order valence-electron chi connectivity index (χ1n) is 8.30. The maximum absolute atomic E-state index is 10.1. The normalized spacial score (nSPS) is 8.00. The second-order valence-electron chi connectivity index (χ2n) is 4.30. The largest absolute Gasteiger partial charge is 0.450 e.